The van der Waals surface area contributed by atoms with Gasteiger partial charge in [0.2, 0.25) is 0 Å². The van der Waals surface area contributed by atoms with E-state index in [-0.39, 0.29) is 0 Å². The van der Waals surface area contributed by atoms with Gasteiger partial charge in [0.05, 0.1) is 18.8 Å². The van der Waals surface area contributed by atoms with Crippen molar-refractivity contribution >= 4 is 21.7 Å². The lowest BCUT2D eigenvalue weighted by molar-refractivity contribution is 0.690. The fourth-order valence-electron chi connectivity index (χ4n) is 0. The predicted octanol–water partition coefficient (Wildman–Crippen LogP) is 0.489. The summed E-state index contributed by atoms with van der Waals surface area (Å²) >= 11 is 0. The van der Waals surface area contributed by atoms with Gasteiger partial charge in [0.25, 0.3) is 0 Å². The molecule has 0 radical (unpaired) electrons. The highest BCUT2D eigenvalue weighted by Gasteiger charge is 1.77. The molecule has 0 spiro atoms. The molecule has 0 heterocycles. The molecule has 0 aromatic heterocycles. The van der Waals surface area contributed by atoms with Gasteiger partial charge in [-0.2, -0.15) is 0 Å². The number of rotatable bonds is 0. The zero-order valence-corrected chi connectivity index (χ0v) is 7.86. The van der Waals surface area contributed by atoms with Crippen LogP contribution in [0, 0.1) is 0 Å². The number of hydrogen-bond acceptors (Lipinski definition) is 1. The highest BCUT2D eigenvalue weighted by molar-refractivity contribution is 7.94. The Morgan fingerprint density at radius 1 is 1.12 bits per heavy atom. The molecule has 0 amide bonds. The van der Waals surface area contributed by atoms with Crippen LogP contribution in [0.5, 0.6) is 0 Å². The standard InChI is InChI=1S/C3H9S.C2H6OS/c2*1-4(2)3/h1-3H3;1-2H3/q+1;. The third kappa shape index (κ3) is 787. The fraction of sp³-hybridized carbons (Fsp3) is 1.00. The maximum absolute atomic E-state index is 9.56. The van der Waals surface area contributed by atoms with E-state index in [0.29, 0.717) is 10.9 Å². The van der Waals surface area contributed by atoms with Crippen molar-refractivity contribution in [3.63, 3.8) is 0 Å². The van der Waals surface area contributed by atoms with E-state index in [0.717, 1.165) is 0 Å². The molecule has 0 aromatic rings. The Labute approximate surface area is 57.7 Å². The third-order valence-corrected chi connectivity index (χ3v) is 0. The summed E-state index contributed by atoms with van der Waals surface area (Å²) in [6.45, 7) is 0. The first kappa shape index (κ1) is 11.3. The molecule has 0 aliphatic rings. The Morgan fingerprint density at radius 3 is 1.12 bits per heavy atom. The maximum Gasteiger partial charge on any atom is 0.0969 e. The molecule has 0 rings (SSSR count). The first-order valence-electron chi connectivity index (χ1n) is 2.21. The molecule has 0 bridgehead atoms. The van der Waals surface area contributed by atoms with Gasteiger partial charge in [-0.15, -0.1) is 0 Å². The third-order valence-electron chi connectivity index (χ3n) is 0. The molecule has 0 aromatic carbocycles. The Kier molecular flexibility index (Phi) is 10.6. The van der Waals surface area contributed by atoms with E-state index in [1.54, 1.807) is 12.5 Å². The molecular weight excluding hydrogens is 140 g/mol. The van der Waals surface area contributed by atoms with Crippen molar-refractivity contribution in [2.24, 2.45) is 0 Å². The minimum Gasteiger partial charge on any atom is -0.260 e. The lowest BCUT2D eigenvalue weighted by atomic mass is 11.9. The largest absolute Gasteiger partial charge is 0.260 e. The fourth-order valence-corrected chi connectivity index (χ4v) is 0. The minimum atomic E-state index is -0.611. The molecule has 0 atom stereocenters. The van der Waals surface area contributed by atoms with Crippen LogP contribution in [0.15, 0.2) is 0 Å². The molecule has 1 nitrogen and oxygen atoms in total. The number of hydrogen-bond donors (Lipinski definition) is 0. The smallest absolute Gasteiger partial charge is 0.0969 e. The summed E-state index contributed by atoms with van der Waals surface area (Å²) in [4.78, 5) is 0. The summed E-state index contributed by atoms with van der Waals surface area (Å²) in [5, 5.41) is 0. The summed E-state index contributed by atoms with van der Waals surface area (Å²) in [5.41, 5.74) is 0. The van der Waals surface area contributed by atoms with Crippen LogP contribution in [0.2, 0.25) is 0 Å². The summed E-state index contributed by atoms with van der Waals surface area (Å²) in [6.07, 6.45) is 9.86. The van der Waals surface area contributed by atoms with Gasteiger partial charge in [-0.1, -0.05) is 0 Å². The van der Waals surface area contributed by atoms with E-state index in [2.05, 4.69) is 18.8 Å². The van der Waals surface area contributed by atoms with Crippen LogP contribution in [0.3, 0.4) is 0 Å². The van der Waals surface area contributed by atoms with Gasteiger partial charge in [-0.05, 0) is 10.9 Å². The van der Waals surface area contributed by atoms with Crippen LogP contribution < -0.4 is 0 Å². The molecule has 8 heavy (non-hydrogen) atoms. The Hall–Kier alpha value is 0.500. The predicted molar refractivity (Wildman–Crippen MR) is 45.1 cm³/mol. The quantitative estimate of drug-likeness (QED) is 0.465. The molecule has 0 aliphatic carbocycles. The van der Waals surface area contributed by atoms with Gasteiger partial charge in [-0.3, -0.25) is 4.21 Å². The van der Waals surface area contributed by atoms with Crippen molar-refractivity contribution in [2.45, 2.75) is 0 Å². The normalized spacial score (nSPS) is 8.88. The zero-order chi connectivity index (χ0) is 7.15. The van der Waals surface area contributed by atoms with Crippen molar-refractivity contribution in [2.75, 3.05) is 31.3 Å². The lowest BCUT2D eigenvalue weighted by Crippen LogP contribution is -1.84. The van der Waals surface area contributed by atoms with E-state index in [9.17, 15) is 4.21 Å². The topological polar surface area (TPSA) is 17.1 Å². The van der Waals surface area contributed by atoms with Gasteiger partial charge < -0.3 is 0 Å². The van der Waals surface area contributed by atoms with Gasteiger partial charge in [-0.25, -0.2) is 0 Å². The minimum absolute atomic E-state index is 0.611. The van der Waals surface area contributed by atoms with E-state index >= 15 is 0 Å². The first-order chi connectivity index (χ1) is 3.46. The van der Waals surface area contributed by atoms with Gasteiger partial charge in [0, 0.05) is 23.3 Å². The molecule has 52 valence electrons. The molecule has 3 heteroatoms. The maximum atomic E-state index is 9.56. The van der Waals surface area contributed by atoms with Crippen LogP contribution in [-0.4, -0.2) is 35.5 Å². The van der Waals surface area contributed by atoms with Crippen molar-refractivity contribution in [1.29, 1.82) is 0 Å². The Balaban J connectivity index is 0. The molecule has 0 saturated heterocycles. The van der Waals surface area contributed by atoms with Gasteiger partial charge >= 0.3 is 0 Å². The average Bonchev–Trinajstić information content (AvgIpc) is 1.25. The second-order valence-electron chi connectivity index (χ2n) is 1.97. The van der Waals surface area contributed by atoms with Crippen molar-refractivity contribution in [3.05, 3.63) is 0 Å². The monoisotopic (exact) mass is 155 g/mol. The highest BCUT2D eigenvalue weighted by Crippen LogP contribution is 1.63. The first-order valence-corrected chi connectivity index (χ1v) is 6.62. The lowest BCUT2D eigenvalue weighted by Gasteiger charge is -1.69. The van der Waals surface area contributed by atoms with E-state index in [1.807, 2.05) is 0 Å². The Morgan fingerprint density at radius 2 is 1.12 bits per heavy atom. The van der Waals surface area contributed by atoms with Crippen LogP contribution in [-0.2, 0) is 21.7 Å². The highest BCUT2D eigenvalue weighted by atomic mass is 32.2. The van der Waals surface area contributed by atoms with Crippen molar-refractivity contribution in [3.8, 4) is 0 Å². The molecule has 0 unspecified atom stereocenters. The molecular formula is C5H15OS2+. The second kappa shape index (κ2) is 7.50. The van der Waals surface area contributed by atoms with Crippen molar-refractivity contribution in [1.82, 2.24) is 0 Å². The van der Waals surface area contributed by atoms with Gasteiger partial charge in [0.15, 0.2) is 0 Å². The molecule has 0 saturated carbocycles. The van der Waals surface area contributed by atoms with Crippen LogP contribution in [0.1, 0.15) is 0 Å². The summed E-state index contributed by atoms with van der Waals surface area (Å²) < 4.78 is 9.56. The average molecular weight is 155 g/mol. The van der Waals surface area contributed by atoms with Crippen LogP contribution in [0.25, 0.3) is 0 Å². The second-order valence-corrected chi connectivity index (χ2v) is 5.90. The Bertz CT molecular complexity index is 54.7. The van der Waals surface area contributed by atoms with E-state index < -0.39 is 10.8 Å². The van der Waals surface area contributed by atoms with E-state index in [1.165, 1.54) is 0 Å². The summed E-state index contributed by atoms with van der Waals surface area (Å²) in [7, 11) is 0.0278. The summed E-state index contributed by atoms with van der Waals surface area (Å²) in [5.74, 6) is 0. The van der Waals surface area contributed by atoms with Gasteiger partial charge in [0.1, 0.15) is 0 Å². The zero-order valence-electron chi connectivity index (χ0n) is 6.22. The van der Waals surface area contributed by atoms with Crippen molar-refractivity contribution < 1.29 is 4.21 Å². The van der Waals surface area contributed by atoms with Crippen LogP contribution in [0.4, 0.5) is 0 Å². The van der Waals surface area contributed by atoms with Crippen LogP contribution >= 0.6 is 0 Å². The molecule has 0 fully saturated rings. The summed E-state index contributed by atoms with van der Waals surface area (Å²) in [6, 6.07) is 0. The van der Waals surface area contributed by atoms with E-state index in [4.69, 9.17) is 0 Å². The molecule has 0 N–H and O–H groups in total. The molecule has 0 aliphatic heterocycles. The SMILES string of the molecule is CS(C)=O.C[S+](C)C.